The maximum atomic E-state index is 13.7. The Hall–Kier alpha value is -4.26. The Bertz CT molecular complexity index is 1790. The molecule has 0 spiro atoms. The van der Waals surface area contributed by atoms with Crippen LogP contribution in [0.3, 0.4) is 0 Å². The van der Waals surface area contributed by atoms with Crippen LogP contribution in [0, 0.1) is 31.6 Å². The van der Waals surface area contributed by atoms with E-state index < -0.39 is 11.9 Å². The molecule has 0 saturated carbocycles. The number of Topliss-reactive ketones (excluding diaryl/α,β-unsaturated/α-hetero) is 1. The van der Waals surface area contributed by atoms with Crippen molar-refractivity contribution in [3.8, 4) is 0 Å². The number of ketones is 1. The van der Waals surface area contributed by atoms with E-state index in [0.29, 0.717) is 16.8 Å². The van der Waals surface area contributed by atoms with Gasteiger partial charge in [0.25, 0.3) is 0 Å². The summed E-state index contributed by atoms with van der Waals surface area (Å²) < 4.78 is 5.14. The highest BCUT2D eigenvalue weighted by atomic mass is 16.5. The van der Waals surface area contributed by atoms with E-state index in [-0.39, 0.29) is 17.6 Å². The molecule has 40 heavy (non-hydrogen) atoms. The molecule has 1 fully saturated rings. The average molecular weight is 537 g/mol. The molecule has 0 aromatic carbocycles. The van der Waals surface area contributed by atoms with Crippen molar-refractivity contribution in [3.63, 3.8) is 0 Å². The largest absolute Gasteiger partial charge is 0.468 e. The molecule has 1 aliphatic carbocycles. The zero-order valence-corrected chi connectivity index (χ0v) is 24.0. The van der Waals surface area contributed by atoms with Gasteiger partial charge in [0.05, 0.1) is 12.8 Å². The number of hydrogen-bond acceptors (Lipinski definition) is 4. The smallest absolute Gasteiger partial charge is 0.321 e. The number of carbonyl (C=O) groups excluding carboxylic acids is 2. The second-order valence-electron chi connectivity index (χ2n) is 11.1. The molecule has 3 aromatic rings. The van der Waals surface area contributed by atoms with Crippen LogP contribution in [0.15, 0.2) is 24.0 Å². The Labute approximate surface area is 233 Å². The molecule has 0 radical (unpaired) electrons. The summed E-state index contributed by atoms with van der Waals surface area (Å²) in [7, 11) is 1.34. The predicted octanol–water partition coefficient (Wildman–Crippen LogP) is 4.47. The molecule has 5 heterocycles. The number of methoxy groups -OCH3 is 1. The van der Waals surface area contributed by atoms with Gasteiger partial charge in [-0.25, -0.2) is 0 Å². The SMILES string of the molecule is C=Cc1c2[nH]c(c1C)/C=C1\N/C(=C3\c4[nH]c(cc4C(=O)[C@@H]3C(=O)OC)/C=c3\[nH]/c(c(C)c3CC)=C\2)[C@@H](CC)[C@@H]1C. The fraction of sp³-hybridized carbons (Fsp3) is 0.333. The summed E-state index contributed by atoms with van der Waals surface area (Å²) >= 11 is 0. The van der Waals surface area contributed by atoms with E-state index in [4.69, 9.17) is 4.74 Å². The van der Waals surface area contributed by atoms with E-state index in [0.717, 1.165) is 63.1 Å². The van der Waals surface area contributed by atoms with Crippen LogP contribution in [0.25, 0.3) is 29.9 Å². The number of esters is 1. The van der Waals surface area contributed by atoms with Crippen LogP contribution in [0.2, 0.25) is 0 Å². The highest BCUT2D eigenvalue weighted by molar-refractivity contribution is 6.23. The first-order valence-corrected chi connectivity index (χ1v) is 14.1. The number of rotatable bonds is 4. The molecule has 7 heteroatoms. The summed E-state index contributed by atoms with van der Waals surface area (Å²) in [6.45, 7) is 14.8. The third-order valence-electron chi connectivity index (χ3n) is 9.10. The Kier molecular flexibility index (Phi) is 6.13. The molecule has 8 bridgehead atoms. The monoisotopic (exact) mass is 536 g/mol. The van der Waals surface area contributed by atoms with E-state index in [1.165, 1.54) is 18.2 Å². The van der Waals surface area contributed by atoms with E-state index in [2.05, 4.69) is 79.7 Å². The summed E-state index contributed by atoms with van der Waals surface area (Å²) in [5.74, 6) is -1.49. The van der Waals surface area contributed by atoms with Gasteiger partial charge in [-0.15, -0.1) is 0 Å². The number of allylic oxidation sites excluding steroid dienone is 2. The van der Waals surface area contributed by atoms with Crippen LogP contribution in [0.4, 0.5) is 0 Å². The standard InChI is InChI=1S/C33H36N4O3/c1-8-19-15(4)24-14-27-20(9-2)16(5)23(36-27)13-25-17(6)21(10-3)30(37-25)28-29(33(39)40-7)32(38)22-11-18(34-31(22)28)12-26(19)35-24/h9,11-14,17,21,29,34-37H,2,8,10H2,1,3-7H3/b24-14-,25-13-,26-12-,30-28-/t17-,21-,29+/m0/s1. The molecular weight excluding hydrogens is 500 g/mol. The summed E-state index contributed by atoms with van der Waals surface area (Å²) in [4.78, 5) is 37.5. The molecule has 206 valence electrons. The first-order chi connectivity index (χ1) is 19.2. The summed E-state index contributed by atoms with van der Waals surface area (Å²) in [6, 6.07) is 1.87. The zero-order chi connectivity index (χ0) is 28.5. The van der Waals surface area contributed by atoms with Gasteiger partial charge in [0.1, 0.15) is 5.92 Å². The second kappa shape index (κ2) is 9.44. The number of H-pyrrole nitrogens is 3. The predicted molar refractivity (Wildman–Crippen MR) is 159 cm³/mol. The number of hydrogen-bond donors (Lipinski definition) is 4. The van der Waals surface area contributed by atoms with Gasteiger partial charge in [-0.3, -0.25) is 9.59 Å². The van der Waals surface area contributed by atoms with Crippen LogP contribution in [0.1, 0.15) is 82.6 Å². The number of aromatic amines is 3. The van der Waals surface area contributed by atoms with E-state index >= 15 is 0 Å². The number of nitrogens with one attached hydrogen (secondary N) is 4. The summed E-state index contributed by atoms with van der Waals surface area (Å²) in [6.07, 6.45) is 9.99. The van der Waals surface area contributed by atoms with Crippen molar-refractivity contribution in [3.05, 3.63) is 85.3 Å². The third-order valence-corrected chi connectivity index (χ3v) is 9.10. The lowest BCUT2D eigenvalue weighted by Crippen LogP contribution is -2.24. The topological polar surface area (TPSA) is 103 Å². The van der Waals surface area contributed by atoms with Crippen LogP contribution in [-0.4, -0.2) is 33.8 Å². The van der Waals surface area contributed by atoms with Crippen molar-refractivity contribution in [1.82, 2.24) is 20.3 Å². The first kappa shape index (κ1) is 26.0. The Balaban J connectivity index is 1.73. The van der Waals surface area contributed by atoms with Gasteiger partial charge >= 0.3 is 5.97 Å². The lowest BCUT2D eigenvalue weighted by molar-refractivity contribution is -0.141. The van der Waals surface area contributed by atoms with E-state index in [1.807, 2.05) is 12.1 Å². The molecule has 3 aliphatic rings. The highest BCUT2D eigenvalue weighted by Gasteiger charge is 2.47. The van der Waals surface area contributed by atoms with Gasteiger partial charge in [-0.05, 0) is 67.7 Å². The lowest BCUT2D eigenvalue weighted by atomic mass is 9.86. The normalized spacial score (nSPS) is 25.9. The maximum absolute atomic E-state index is 13.7. The molecular formula is C33H36N4O3. The number of carbonyl (C=O) groups is 2. The molecule has 1 saturated heterocycles. The van der Waals surface area contributed by atoms with Crippen LogP contribution in [0.5, 0.6) is 0 Å². The van der Waals surface area contributed by atoms with Crippen molar-refractivity contribution < 1.29 is 14.3 Å². The molecule has 0 amide bonds. The number of ether oxygens (including phenoxy) is 1. The Morgan fingerprint density at radius 2 is 1.82 bits per heavy atom. The van der Waals surface area contributed by atoms with Gasteiger partial charge in [-0.2, -0.15) is 0 Å². The Morgan fingerprint density at radius 1 is 1.05 bits per heavy atom. The zero-order valence-electron chi connectivity index (χ0n) is 24.0. The molecule has 6 rings (SSSR count). The van der Waals surface area contributed by atoms with Crippen molar-refractivity contribution in [2.24, 2.45) is 17.8 Å². The molecule has 3 aromatic heterocycles. The third kappa shape index (κ3) is 3.64. The van der Waals surface area contributed by atoms with Crippen LogP contribution >= 0.6 is 0 Å². The molecule has 7 nitrogen and oxygen atoms in total. The quantitative estimate of drug-likeness (QED) is 0.292. The van der Waals surface area contributed by atoms with Crippen molar-refractivity contribution in [1.29, 1.82) is 0 Å². The molecule has 3 atom stereocenters. The van der Waals surface area contributed by atoms with Crippen molar-refractivity contribution in [2.45, 2.75) is 47.5 Å². The van der Waals surface area contributed by atoms with E-state index in [1.54, 1.807) is 0 Å². The molecule has 2 aliphatic heterocycles. The average Bonchev–Trinajstić information content (AvgIpc) is 3.69. The minimum absolute atomic E-state index is 0.110. The van der Waals surface area contributed by atoms with Crippen LogP contribution < -0.4 is 16.0 Å². The summed E-state index contributed by atoms with van der Waals surface area (Å²) in [5.41, 5.74) is 11.3. The van der Waals surface area contributed by atoms with Crippen molar-refractivity contribution >= 4 is 41.6 Å². The minimum atomic E-state index is -0.992. The number of fused-ring (bicyclic) bond motifs is 7. The lowest BCUT2D eigenvalue weighted by Gasteiger charge is -2.18. The van der Waals surface area contributed by atoms with Crippen LogP contribution in [-0.2, 0) is 16.0 Å². The van der Waals surface area contributed by atoms with Gasteiger partial charge in [0.15, 0.2) is 5.78 Å². The van der Waals surface area contributed by atoms with E-state index in [9.17, 15) is 9.59 Å². The summed E-state index contributed by atoms with van der Waals surface area (Å²) in [5, 5.41) is 5.69. The van der Waals surface area contributed by atoms with Gasteiger partial charge in [0.2, 0.25) is 0 Å². The maximum Gasteiger partial charge on any atom is 0.321 e. The first-order valence-electron chi connectivity index (χ1n) is 14.1. The fourth-order valence-corrected chi connectivity index (χ4v) is 6.88. The van der Waals surface area contributed by atoms with Gasteiger partial charge in [0, 0.05) is 67.7 Å². The highest BCUT2D eigenvalue weighted by Crippen LogP contribution is 2.46. The molecule has 0 unspecified atom stereocenters. The fourth-order valence-electron chi connectivity index (χ4n) is 6.88. The van der Waals surface area contributed by atoms with Gasteiger partial charge in [-0.1, -0.05) is 33.4 Å². The second-order valence-corrected chi connectivity index (χ2v) is 11.1. The van der Waals surface area contributed by atoms with Gasteiger partial charge < -0.3 is 25.0 Å². The Morgan fingerprint density at radius 3 is 2.50 bits per heavy atom. The minimum Gasteiger partial charge on any atom is -0.468 e. The number of aromatic nitrogens is 3. The molecule has 4 N–H and O–H groups in total. The van der Waals surface area contributed by atoms with Crippen molar-refractivity contribution in [2.75, 3.05) is 7.11 Å².